The van der Waals surface area contributed by atoms with Crippen molar-refractivity contribution in [3.63, 3.8) is 0 Å². The molecule has 0 fully saturated rings. The summed E-state index contributed by atoms with van der Waals surface area (Å²) in [5, 5.41) is 16.6. The topological polar surface area (TPSA) is 188 Å². The zero-order valence-electron chi connectivity index (χ0n) is 36.6. The first-order chi connectivity index (χ1) is 27.1. The van der Waals surface area contributed by atoms with Crippen molar-refractivity contribution in [3.8, 4) is 0 Å². The summed E-state index contributed by atoms with van der Waals surface area (Å²) in [4.78, 5) is 60.2. The van der Waals surface area contributed by atoms with Gasteiger partial charge in [0.2, 0.25) is 17.7 Å². The molecule has 4 N–H and O–H groups in total. The van der Waals surface area contributed by atoms with Gasteiger partial charge in [0.15, 0.2) is 0 Å². The fraction of sp³-hybridized carbons (Fsp3) is 0.884. The summed E-state index contributed by atoms with van der Waals surface area (Å²) in [6, 6.07) is -0.913. The van der Waals surface area contributed by atoms with E-state index in [1.165, 1.54) is 83.5 Å². The van der Waals surface area contributed by atoms with Crippen molar-refractivity contribution in [3.05, 3.63) is 0 Å². The molecule has 0 radical (unpaired) electrons. The molecule has 0 unspecified atom stereocenters. The Morgan fingerprint density at radius 3 is 1.42 bits per heavy atom. The molecule has 0 rings (SSSR count). The van der Waals surface area contributed by atoms with Gasteiger partial charge in [-0.15, -0.1) is 0 Å². The Balaban J connectivity index is 4.00. The standard InChI is InChI=1S/C43H81N3O11/c1-42(2,3)25-21-19-17-15-13-11-9-7-8-10-12-14-16-18-20-22-38(48)46-36(41(52)57-43(4,5)6)23-24-37(47)44-26-28-53-30-32-55-34-39(49)45-27-29-54-31-33-56-35-40(50)51/h36H,7-35H2,1-6H3,(H,44,47)(H,45,49)(H,46,48)(H,50,51)/t36-/m0/s1. The van der Waals surface area contributed by atoms with Crippen LogP contribution in [0.1, 0.15) is 164 Å². The number of unbranched alkanes of at least 4 members (excludes halogenated alkanes) is 14. The van der Waals surface area contributed by atoms with Gasteiger partial charge < -0.3 is 44.7 Å². The van der Waals surface area contributed by atoms with E-state index >= 15 is 0 Å². The molecule has 3 amide bonds. The maximum atomic E-state index is 12.9. The van der Waals surface area contributed by atoms with Crippen molar-refractivity contribution in [2.24, 2.45) is 5.41 Å². The number of carboxylic acid groups (broad SMARTS) is 1. The Hall–Kier alpha value is -2.81. The van der Waals surface area contributed by atoms with Crippen LogP contribution in [0.3, 0.4) is 0 Å². The smallest absolute Gasteiger partial charge is 0.329 e. The Morgan fingerprint density at radius 2 is 0.947 bits per heavy atom. The van der Waals surface area contributed by atoms with Crippen molar-refractivity contribution in [2.45, 2.75) is 175 Å². The van der Waals surface area contributed by atoms with Gasteiger partial charge in [0.05, 0.1) is 39.6 Å². The van der Waals surface area contributed by atoms with Gasteiger partial charge in [-0.2, -0.15) is 0 Å². The maximum absolute atomic E-state index is 12.9. The second-order valence-electron chi connectivity index (χ2n) is 17.0. The van der Waals surface area contributed by atoms with E-state index in [0.717, 1.165) is 19.3 Å². The van der Waals surface area contributed by atoms with Gasteiger partial charge in [0.1, 0.15) is 24.9 Å². The number of carboxylic acids is 1. The molecule has 14 nitrogen and oxygen atoms in total. The number of carbonyl (C=O) groups is 5. The van der Waals surface area contributed by atoms with Crippen molar-refractivity contribution < 1.29 is 52.8 Å². The molecule has 0 aromatic rings. The van der Waals surface area contributed by atoms with Crippen LogP contribution in [-0.2, 0) is 47.7 Å². The number of ether oxygens (including phenoxy) is 5. The third-order valence-corrected chi connectivity index (χ3v) is 8.86. The van der Waals surface area contributed by atoms with E-state index in [0.29, 0.717) is 11.8 Å². The van der Waals surface area contributed by atoms with Crippen LogP contribution < -0.4 is 16.0 Å². The van der Waals surface area contributed by atoms with Gasteiger partial charge in [-0.25, -0.2) is 9.59 Å². The Bertz CT molecular complexity index is 1060. The SMILES string of the molecule is CC(C)(C)CCCCCCCCCCCCCCCCCC(=O)N[C@@H](CCC(=O)NCCOCCOCC(=O)NCCOCCOCC(=O)O)C(=O)OC(C)(C)C. The second kappa shape index (κ2) is 35.2. The summed E-state index contributed by atoms with van der Waals surface area (Å²) in [5.41, 5.74) is -0.260. The average molecular weight is 816 g/mol. The van der Waals surface area contributed by atoms with E-state index < -0.39 is 23.6 Å². The fourth-order valence-electron chi connectivity index (χ4n) is 5.83. The van der Waals surface area contributed by atoms with Gasteiger partial charge in [-0.1, -0.05) is 111 Å². The van der Waals surface area contributed by atoms with Crippen LogP contribution in [0.4, 0.5) is 0 Å². The van der Waals surface area contributed by atoms with Gasteiger partial charge in [0.25, 0.3) is 0 Å². The summed E-state index contributed by atoms with van der Waals surface area (Å²) in [6.07, 6.45) is 20.6. The Morgan fingerprint density at radius 1 is 0.509 bits per heavy atom. The number of esters is 1. The lowest BCUT2D eigenvalue weighted by Gasteiger charge is -2.24. The predicted molar refractivity (Wildman–Crippen MR) is 222 cm³/mol. The first-order valence-electron chi connectivity index (χ1n) is 21.7. The highest BCUT2D eigenvalue weighted by molar-refractivity contribution is 5.85. The molecule has 0 aromatic heterocycles. The molecule has 0 bridgehead atoms. The van der Waals surface area contributed by atoms with Crippen LogP contribution in [0, 0.1) is 5.41 Å². The van der Waals surface area contributed by atoms with Crippen LogP contribution >= 0.6 is 0 Å². The van der Waals surface area contributed by atoms with E-state index in [-0.39, 0.29) is 96.5 Å². The molecule has 334 valence electrons. The van der Waals surface area contributed by atoms with E-state index in [1.807, 2.05) is 0 Å². The average Bonchev–Trinajstić information content (AvgIpc) is 3.12. The molecule has 0 aromatic carbocycles. The summed E-state index contributed by atoms with van der Waals surface area (Å²) in [7, 11) is 0. The minimum atomic E-state index is -1.05. The zero-order chi connectivity index (χ0) is 42.6. The normalized spacial score (nSPS) is 12.2. The molecule has 0 spiro atoms. The maximum Gasteiger partial charge on any atom is 0.329 e. The van der Waals surface area contributed by atoms with E-state index in [9.17, 15) is 24.0 Å². The van der Waals surface area contributed by atoms with Gasteiger partial charge in [-0.3, -0.25) is 14.4 Å². The zero-order valence-corrected chi connectivity index (χ0v) is 36.6. The highest BCUT2D eigenvalue weighted by Gasteiger charge is 2.27. The highest BCUT2D eigenvalue weighted by atomic mass is 16.6. The number of amides is 3. The van der Waals surface area contributed by atoms with Crippen molar-refractivity contribution in [1.29, 1.82) is 0 Å². The number of nitrogens with one attached hydrogen (secondary N) is 3. The van der Waals surface area contributed by atoms with Crippen LogP contribution in [0.25, 0.3) is 0 Å². The first kappa shape index (κ1) is 54.2. The molecule has 0 saturated heterocycles. The summed E-state index contributed by atoms with van der Waals surface area (Å²) < 4.78 is 26.3. The number of aliphatic carboxylic acids is 1. The third kappa shape index (κ3) is 41.2. The lowest BCUT2D eigenvalue weighted by atomic mass is 9.89. The minimum Gasteiger partial charge on any atom is -0.480 e. The van der Waals surface area contributed by atoms with E-state index in [2.05, 4.69) is 36.7 Å². The van der Waals surface area contributed by atoms with Crippen LogP contribution in [0.5, 0.6) is 0 Å². The summed E-state index contributed by atoms with van der Waals surface area (Å²) in [5.74, 6) is -2.40. The third-order valence-electron chi connectivity index (χ3n) is 8.86. The lowest BCUT2D eigenvalue weighted by Crippen LogP contribution is -2.44. The number of hydrogen-bond donors (Lipinski definition) is 4. The highest BCUT2D eigenvalue weighted by Crippen LogP contribution is 2.23. The van der Waals surface area contributed by atoms with Crippen LogP contribution in [0.15, 0.2) is 0 Å². The van der Waals surface area contributed by atoms with E-state index in [1.54, 1.807) is 20.8 Å². The van der Waals surface area contributed by atoms with Gasteiger partial charge >= 0.3 is 11.9 Å². The second-order valence-corrected chi connectivity index (χ2v) is 17.0. The lowest BCUT2D eigenvalue weighted by molar-refractivity contribution is -0.159. The van der Waals surface area contributed by atoms with Crippen molar-refractivity contribution in [2.75, 3.05) is 65.9 Å². The van der Waals surface area contributed by atoms with E-state index in [4.69, 9.17) is 28.8 Å². The fourth-order valence-corrected chi connectivity index (χ4v) is 5.83. The molecule has 14 heteroatoms. The molecule has 57 heavy (non-hydrogen) atoms. The molecular weight excluding hydrogens is 734 g/mol. The Labute approximate surface area is 344 Å². The minimum absolute atomic E-state index is 0.0316. The van der Waals surface area contributed by atoms with Crippen molar-refractivity contribution in [1.82, 2.24) is 16.0 Å². The molecule has 0 aliphatic carbocycles. The summed E-state index contributed by atoms with van der Waals surface area (Å²) >= 11 is 0. The van der Waals surface area contributed by atoms with Gasteiger partial charge in [-0.05, 0) is 45.4 Å². The molecule has 0 aliphatic rings. The predicted octanol–water partition coefficient (Wildman–Crippen LogP) is 6.65. The quantitative estimate of drug-likeness (QED) is 0.0386. The Kier molecular flexibility index (Phi) is 33.4. The first-order valence-corrected chi connectivity index (χ1v) is 21.7. The number of rotatable bonds is 38. The molecule has 0 aliphatic heterocycles. The van der Waals surface area contributed by atoms with Crippen LogP contribution in [-0.4, -0.2) is 112 Å². The molecule has 0 heterocycles. The molecular formula is C43H81N3O11. The number of carbonyl (C=O) groups excluding carboxylic acids is 4. The molecule has 0 saturated carbocycles. The largest absolute Gasteiger partial charge is 0.480 e. The number of hydrogen-bond acceptors (Lipinski definition) is 10. The van der Waals surface area contributed by atoms with Crippen LogP contribution in [0.2, 0.25) is 0 Å². The monoisotopic (exact) mass is 816 g/mol. The molecule has 1 atom stereocenters. The van der Waals surface area contributed by atoms with Crippen molar-refractivity contribution >= 4 is 29.7 Å². The van der Waals surface area contributed by atoms with Gasteiger partial charge in [0, 0.05) is 25.9 Å². The summed E-state index contributed by atoms with van der Waals surface area (Å²) in [6.45, 7) is 13.6.